The maximum atomic E-state index is 12.6. The summed E-state index contributed by atoms with van der Waals surface area (Å²) in [5.74, 6) is 0.367. The molecule has 0 bridgehead atoms. The first-order valence-electron chi connectivity index (χ1n) is 10.1. The molecule has 0 fully saturated rings. The maximum Gasteiger partial charge on any atom is 0.248 e. The molecule has 0 aliphatic heterocycles. The lowest BCUT2D eigenvalue weighted by Crippen LogP contribution is -2.09. The van der Waals surface area contributed by atoms with Crippen molar-refractivity contribution in [2.24, 2.45) is 0 Å². The number of hydrogen-bond acceptors (Lipinski definition) is 4. The van der Waals surface area contributed by atoms with Gasteiger partial charge in [0.25, 0.3) is 0 Å². The Morgan fingerprint density at radius 1 is 1.19 bits per heavy atom. The molecular formula is C26H23ClN2O3. The summed E-state index contributed by atoms with van der Waals surface area (Å²) in [5, 5.41) is 3.97. The molecule has 0 unspecified atom stereocenters. The summed E-state index contributed by atoms with van der Waals surface area (Å²) in [6.45, 7) is 5.89. The average molecular weight is 447 g/mol. The van der Waals surface area contributed by atoms with Gasteiger partial charge in [-0.25, -0.2) is 4.98 Å². The SMILES string of the molecule is COc1c(/C(C)=C/C(=O)Nc2cccnc2Cl)cc2c(-c3ccc(C)cc3)coc2c1C. The lowest BCUT2D eigenvalue weighted by molar-refractivity contribution is -0.111. The number of nitrogens with zero attached hydrogens (tertiary/aromatic N) is 1. The molecule has 5 nitrogen and oxygen atoms in total. The summed E-state index contributed by atoms with van der Waals surface area (Å²) in [5.41, 5.74) is 6.92. The van der Waals surface area contributed by atoms with Crippen molar-refractivity contribution in [3.8, 4) is 16.9 Å². The van der Waals surface area contributed by atoms with Gasteiger partial charge in [0.1, 0.15) is 11.3 Å². The van der Waals surface area contributed by atoms with E-state index >= 15 is 0 Å². The van der Waals surface area contributed by atoms with Crippen LogP contribution in [-0.4, -0.2) is 18.0 Å². The van der Waals surface area contributed by atoms with E-state index in [4.69, 9.17) is 20.8 Å². The number of methoxy groups -OCH3 is 1. The van der Waals surface area contributed by atoms with E-state index in [1.54, 1.807) is 31.7 Å². The molecule has 162 valence electrons. The summed E-state index contributed by atoms with van der Waals surface area (Å²) in [6, 6.07) is 13.7. The highest BCUT2D eigenvalue weighted by molar-refractivity contribution is 6.32. The predicted molar refractivity (Wildman–Crippen MR) is 129 cm³/mol. The molecule has 32 heavy (non-hydrogen) atoms. The first kappa shape index (κ1) is 21.7. The number of anilines is 1. The van der Waals surface area contributed by atoms with Gasteiger partial charge in [-0.05, 0) is 50.1 Å². The van der Waals surface area contributed by atoms with Crippen molar-refractivity contribution >= 4 is 39.7 Å². The number of rotatable bonds is 5. The van der Waals surface area contributed by atoms with Crippen molar-refractivity contribution in [3.63, 3.8) is 0 Å². The van der Waals surface area contributed by atoms with Gasteiger partial charge in [-0.3, -0.25) is 4.79 Å². The molecule has 4 aromatic rings. The number of carbonyl (C=O) groups excluding carboxylic acids is 1. The van der Waals surface area contributed by atoms with Crippen LogP contribution in [0.1, 0.15) is 23.6 Å². The molecule has 2 heterocycles. The first-order valence-corrected chi connectivity index (χ1v) is 10.5. The van der Waals surface area contributed by atoms with E-state index in [0.717, 1.165) is 38.8 Å². The smallest absolute Gasteiger partial charge is 0.248 e. The number of aryl methyl sites for hydroxylation is 2. The van der Waals surface area contributed by atoms with Crippen LogP contribution in [-0.2, 0) is 4.79 Å². The van der Waals surface area contributed by atoms with Crippen LogP contribution in [0.4, 0.5) is 5.69 Å². The van der Waals surface area contributed by atoms with Gasteiger partial charge >= 0.3 is 0 Å². The Balaban J connectivity index is 1.77. The van der Waals surface area contributed by atoms with Gasteiger partial charge in [0, 0.05) is 34.3 Å². The highest BCUT2D eigenvalue weighted by Crippen LogP contribution is 2.40. The van der Waals surface area contributed by atoms with Crippen molar-refractivity contribution in [3.05, 3.63) is 82.8 Å². The molecule has 0 atom stereocenters. The molecule has 0 aliphatic rings. The number of fused-ring (bicyclic) bond motifs is 1. The summed E-state index contributed by atoms with van der Waals surface area (Å²) >= 11 is 6.05. The molecule has 2 aromatic carbocycles. The largest absolute Gasteiger partial charge is 0.496 e. The number of halogens is 1. The summed E-state index contributed by atoms with van der Waals surface area (Å²) < 4.78 is 11.6. The van der Waals surface area contributed by atoms with Crippen LogP contribution in [0.3, 0.4) is 0 Å². The zero-order valence-electron chi connectivity index (χ0n) is 18.3. The molecule has 1 amide bonds. The van der Waals surface area contributed by atoms with Gasteiger partial charge in [0.05, 0.1) is 19.1 Å². The number of pyridine rings is 1. The molecule has 4 rings (SSSR count). The van der Waals surface area contributed by atoms with E-state index in [2.05, 4.69) is 41.5 Å². The Hall–Kier alpha value is -3.57. The second-order valence-electron chi connectivity index (χ2n) is 7.63. The van der Waals surface area contributed by atoms with Crippen LogP contribution in [0, 0.1) is 13.8 Å². The number of amides is 1. The molecule has 2 aromatic heterocycles. The third-order valence-corrected chi connectivity index (χ3v) is 5.70. The number of nitrogens with one attached hydrogen (secondary N) is 1. The molecule has 0 spiro atoms. The Bertz CT molecular complexity index is 1340. The van der Waals surface area contributed by atoms with Gasteiger partial charge in [-0.15, -0.1) is 0 Å². The van der Waals surface area contributed by atoms with E-state index in [-0.39, 0.29) is 11.1 Å². The standard InChI is InChI=1S/C26H23ClN2O3/c1-15-7-9-18(10-8-15)21-14-32-25-17(3)24(31-4)19(13-20(21)25)16(2)12-23(30)29-22-6-5-11-28-26(22)27/h5-14H,1-4H3,(H,29,30)/b16-12+. The molecule has 0 radical (unpaired) electrons. The Labute approximate surface area is 191 Å². The van der Waals surface area contributed by atoms with Crippen LogP contribution in [0.15, 0.2) is 65.4 Å². The third kappa shape index (κ3) is 4.12. The van der Waals surface area contributed by atoms with Crippen LogP contribution in [0.25, 0.3) is 27.7 Å². The minimum absolute atomic E-state index is 0.239. The van der Waals surface area contributed by atoms with Gasteiger partial charge in [-0.2, -0.15) is 0 Å². The first-order chi connectivity index (χ1) is 15.4. The summed E-state index contributed by atoms with van der Waals surface area (Å²) in [4.78, 5) is 16.6. The fourth-order valence-electron chi connectivity index (χ4n) is 3.75. The molecule has 6 heteroatoms. The number of hydrogen-bond donors (Lipinski definition) is 1. The number of aromatic nitrogens is 1. The van der Waals surface area contributed by atoms with Gasteiger partial charge in [0.2, 0.25) is 5.91 Å². The van der Waals surface area contributed by atoms with Gasteiger partial charge in [0.15, 0.2) is 5.15 Å². The highest BCUT2D eigenvalue weighted by Gasteiger charge is 2.19. The Morgan fingerprint density at radius 3 is 2.62 bits per heavy atom. The monoisotopic (exact) mass is 446 g/mol. The Morgan fingerprint density at radius 2 is 1.94 bits per heavy atom. The van der Waals surface area contributed by atoms with Crippen molar-refractivity contribution < 1.29 is 13.9 Å². The number of benzene rings is 2. The van der Waals surface area contributed by atoms with E-state index in [9.17, 15) is 4.79 Å². The predicted octanol–water partition coefficient (Wildman–Crippen LogP) is 6.82. The number of carbonyl (C=O) groups is 1. The van der Waals surface area contributed by atoms with Crippen molar-refractivity contribution in [2.45, 2.75) is 20.8 Å². The molecule has 1 N–H and O–H groups in total. The van der Waals surface area contributed by atoms with Crippen molar-refractivity contribution in [2.75, 3.05) is 12.4 Å². The van der Waals surface area contributed by atoms with Crippen molar-refractivity contribution in [1.29, 1.82) is 0 Å². The maximum absolute atomic E-state index is 12.6. The zero-order valence-corrected chi connectivity index (χ0v) is 19.1. The second kappa shape index (κ2) is 8.89. The highest BCUT2D eigenvalue weighted by atomic mass is 35.5. The normalized spacial score (nSPS) is 11.6. The number of furan rings is 1. The van der Waals surface area contributed by atoms with E-state index in [1.165, 1.54) is 11.6 Å². The summed E-state index contributed by atoms with van der Waals surface area (Å²) in [7, 11) is 1.62. The molecular weight excluding hydrogens is 424 g/mol. The topological polar surface area (TPSA) is 64.4 Å². The lowest BCUT2D eigenvalue weighted by atomic mass is 9.96. The average Bonchev–Trinajstić information content (AvgIpc) is 3.20. The number of ether oxygens (including phenoxy) is 1. The lowest BCUT2D eigenvalue weighted by Gasteiger charge is -2.13. The quantitative estimate of drug-likeness (QED) is 0.270. The molecule has 0 saturated carbocycles. The fraction of sp³-hybridized carbons (Fsp3) is 0.154. The van der Waals surface area contributed by atoms with Crippen LogP contribution >= 0.6 is 11.6 Å². The van der Waals surface area contributed by atoms with E-state index in [0.29, 0.717) is 11.4 Å². The third-order valence-electron chi connectivity index (χ3n) is 5.40. The summed E-state index contributed by atoms with van der Waals surface area (Å²) in [6.07, 6.45) is 4.86. The van der Waals surface area contributed by atoms with Gasteiger partial charge < -0.3 is 14.5 Å². The second-order valence-corrected chi connectivity index (χ2v) is 7.99. The minimum Gasteiger partial charge on any atom is -0.496 e. The fourth-order valence-corrected chi connectivity index (χ4v) is 3.92. The molecule has 0 aliphatic carbocycles. The van der Waals surface area contributed by atoms with Crippen LogP contribution < -0.4 is 10.1 Å². The minimum atomic E-state index is -0.303. The van der Waals surface area contributed by atoms with E-state index in [1.807, 2.05) is 19.9 Å². The Kier molecular flexibility index (Phi) is 6.01. The van der Waals surface area contributed by atoms with Crippen LogP contribution in [0.5, 0.6) is 5.75 Å². The van der Waals surface area contributed by atoms with E-state index < -0.39 is 0 Å². The van der Waals surface area contributed by atoms with Crippen LogP contribution in [0.2, 0.25) is 5.15 Å². The zero-order chi connectivity index (χ0) is 22.8. The molecule has 0 saturated heterocycles. The van der Waals surface area contributed by atoms with Gasteiger partial charge in [-0.1, -0.05) is 41.4 Å². The van der Waals surface area contributed by atoms with Crippen molar-refractivity contribution in [1.82, 2.24) is 4.98 Å². The number of allylic oxidation sites excluding steroid dienone is 1.